The summed E-state index contributed by atoms with van der Waals surface area (Å²) in [4.78, 5) is 38.1. The van der Waals surface area contributed by atoms with Gasteiger partial charge in [-0.15, -0.1) is 0 Å². The maximum Gasteiger partial charge on any atom is 0.306 e. The standard InChI is InChI=1S/C68H114O6/c1-4-7-10-13-16-19-21-23-25-27-29-31-32-33-34-35-36-38-39-41-43-45-47-49-52-55-58-61-67(70)73-64-65(63-72-66(69)60-57-54-51-18-15-12-9-6-3)74-68(71)62-59-56-53-50-48-46-44-42-40-37-30-28-26-24-22-20-17-14-11-8-5-2/h7,10,16,19,22-25,28-31,33-34,36,38,41,43,65H,4-6,8-9,11-15,17-18,20-21,26-27,32,35,37,39-40,42,44-64H2,1-3H3/b10-7-,19-16-,24-22-,25-23-,30-28-,31-29-,34-33-,38-36-,43-41-. The number of esters is 3. The molecular formula is C68H114O6. The molecule has 0 saturated heterocycles. The van der Waals surface area contributed by atoms with Crippen LogP contribution in [0.3, 0.4) is 0 Å². The van der Waals surface area contributed by atoms with Crippen molar-refractivity contribution in [3.8, 4) is 0 Å². The minimum Gasteiger partial charge on any atom is -0.462 e. The van der Waals surface area contributed by atoms with Gasteiger partial charge in [0.05, 0.1) is 0 Å². The van der Waals surface area contributed by atoms with Crippen LogP contribution in [0.25, 0.3) is 0 Å². The third kappa shape index (κ3) is 59.0. The van der Waals surface area contributed by atoms with Gasteiger partial charge >= 0.3 is 17.9 Å². The SMILES string of the molecule is CC/C=C\C/C=C\C/C=C\C/C=C\C/C=C\C/C=C\C/C=C\CCCCCCCC(=O)OCC(COC(=O)CCCCCCCCCC)OC(=O)CCCCCCCCCCC/C=C\C/C=C\CCCCCCC. The van der Waals surface area contributed by atoms with Gasteiger partial charge in [-0.1, -0.05) is 265 Å². The highest BCUT2D eigenvalue weighted by Crippen LogP contribution is 2.15. The Balaban J connectivity index is 4.27. The van der Waals surface area contributed by atoms with Crippen molar-refractivity contribution in [3.05, 3.63) is 109 Å². The molecule has 0 aliphatic heterocycles. The smallest absolute Gasteiger partial charge is 0.306 e. The Kier molecular flexibility index (Phi) is 58.3. The molecule has 0 spiro atoms. The first-order chi connectivity index (χ1) is 36.5. The third-order valence-corrected chi connectivity index (χ3v) is 13.0. The monoisotopic (exact) mass is 1030 g/mol. The highest BCUT2D eigenvalue weighted by atomic mass is 16.6. The molecule has 74 heavy (non-hydrogen) atoms. The molecule has 0 N–H and O–H groups in total. The lowest BCUT2D eigenvalue weighted by Gasteiger charge is -2.18. The van der Waals surface area contributed by atoms with E-state index >= 15 is 0 Å². The van der Waals surface area contributed by atoms with Crippen LogP contribution in [0.4, 0.5) is 0 Å². The van der Waals surface area contributed by atoms with Gasteiger partial charge in [0.2, 0.25) is 0 Å². The molecule has 0 bridgehead atoms. The van der Waals surface area contributed by atoms with Crippen LogP contribution < -0.4 is 0 Å². The van der Waals surface area contributed by atoms with Gasteiger partial charge in [-0.25, -0.2) is 0 Å². The fraction of sp³-hybridized carbons (Fsp3) is 0.691. The minimum atomic E-state index is -0.788. The Morgan fingerprint density at radius 1 is 0.284 bits per heavy atom. The number of hydrogen-bond donors (Lipinski definition) is 0. The van der Waals surface area contributed by atoms with Crippen molar-refractivity contribution in [1.29, 1.82) is 0 Å². The van der Waals surface area contributed by atoms with Crippen molar-refractivity contribution in [2.45, 2.75) is 290 Å². The molecule has 0 radical (unpaired) electrons. The van der Waals surface area contributed by atoms with E-state index in [0.717, 1.165) is 128 Å². The number of ether oxygens (including phenoxy) is 3. The van der Waals surface area contributed by atoms with Gasteiger partial charge in [-0.2, -0.15) is 0 Å². The molecule has 0 aromatic carbocycles. The lowest BCUT2D eigenvalue weighted by molar-refractivity contribution is -0.167. The number of hydrogen-bond acceptors (Lipinski definition) is 6. The summed E-state index contributed by atoms with van der Waals surface area (Å²) in [6.07, 6.45) is 83.8. The molecule has 0 heterocycles. The van der Waals surface area contributed by atoms with Gasteiger partial charge < -0.3 is 14.2 Å². The Morgan fingerprint density at radius 3 is 0.824 bits per heavy atom. The molecule has 0 saturated carbocycles. The van der Waals surface area contributed by atoms with E-state index in [4.69, 9.17) is 14.2 Å². The molecule has 1 unspecified atom stereocenters. The molecule has 0 aliphatic rings. The fourth-order valence-electron chi connectivity index (χ4n) is 8.39. The van der Waals surface area contributed by atoms with Crippen molar-refractivity contribution >= 4 is 17.9 Å². The Labute approximate surface area is 457 Å². The maximum atomic E-state index is 12.9. The Bertz CT molecular complexity index is 1510. The molecule has 0 aliphatic carbocycles. The van der Waals surface area contributed by atoms with Crippen molar-refractivity contribution in [2.24, 2.45) is 0 Å². The van der Waals surface area contributed by atoms with Crippen LogP contribution in [-0.4, -0.2) is 37.2 Å². The van der Waals surface area contributed by atoms with Crippen LogP contribution >= 0.6 is 0 Å². The quantitative estimate of drug-likeness (QED) is 0.0261. The van der Waals surface area contributed by atoms with Gasteiger partial charge in [0.15, 0.2) is 6.10 Å². The predicted octanol–water partition coefficient (Wildman–Crippen LogP) is 21.0. The first kappa shape index (κ1) is 70.1. The molecule has 0 fully saturated rings. The van der Waals surface area contributed by atoms with Crippen LogP contribution in [0.2, 0.25) is 0 Å². The molecule has 0 rings (SSSR count). The van der Waals surface area contributed by atoms with E-state index in [9.17, 15) is 14.4 Å². The molecule has 422 valence electrons. The summed E-state index contributed by atoms with van der Waals surface area (Å²) < 4.78 is 16.8. The molecule has 0 amide bonds. The second-order valence-electron chi connectivity index (χ2n) is 20.2. The summed E-state index contributed by atoms with van der Waals surface area (Å²) in [5.41, 5.74) is 0. The van der Waals surface area contributed by atoms with E-state index in [2.05, 4.69) is 130 Å². The predicted molar refractivity (Wildman–Crippen MR) is 320 cm³/mol. The van der Waals surface area contributed by atoms with Gasteiger partial charge in [-0.3, -0.25) is 14.4 Å². The Hall–Kier alpha value is -3.93. The van der Waals surface area contributed by atoms with Crippen molar-refractivity contribution in [3.63, 3.8) is 0 Å². The molecule has 6 nitrogen and oxygen atoms in total. The van der Waals surface area contributed by atoms with E-state index in [1.54, 1.807) is 0 Å². The van der Waals surface area contributed by atoms with Gasteiger partial charge in [-0.05, 0) is 109 Å². The summed E-state index contributed by atoms with van der Waals surface area (Å²) in [7, 11) is 0. The lowest BCUT2D eigenvalue weighted by Crippen LogP contribution is -2.30. The molecule has 1 atom stereocenters. The van der Waals surface area contributed by atoms with Gasteiger partial charge in [0, 0.05) is 19.3 Å². The highest BCUT2D eigenvalue weighted by Gasteiger charge is 2.19. The zero-order chi connectivity index (χ0) is 53.6. The van der Waals surface area contributed by atoms with Crippen molar-refractivity contribution in [2.75, 3.05) is 13.2 Å². The Morgan fingerprint density at radius 2 is 0.527 bits per heavy atom. The third-order valence-electron chi connectivity index (χ3n) is 13.0. The number of carbonyl (C=O) groups is 3. The van der Waals surface area contributed by atoms with Gasteiger partial charge in [0.1, 0.15) is 13.2 Å². The lowest BCUT2D eigenvalue weighted by atomic mass is 10.1. The minimum absolute atomic E-state index is 0.0857. The van der Waals surface area contributed by atoms with Crippen LogP contribution in [0, 0.1) is 0 Å². The normalized spacial score (nSPS) is 12.9. The van der Waals surface area contributed by atoms with E-state index in [-0.39, 0.29) is 31.1 Å². The summed E-state index contributed by atoms with van der Waals surface area (Å²) in [5.74, 6) is -0.911. The average Bonchev–Trinajstić information content (AvgIpc) is 3.40. The molecule has 6 heteroatoms. The number of rotatable bonds is 55. The summed E-state index contributed by atoms with van der Waals surface area (Å²) in [6, 6.07) is 0. The summed E-state index contributed by atoms with van der Waals surface area (Å²) in [5, 5.41) is 0. The second-order valence-corrected chi connectivity index (χ2v) is 20.2. The summed E-state index contributed by atoms with van der Waals surface area (Å²) in [6.45, 7) is 6.48. The van der Waals surface area contributed by atoms with Crippen molar-refractivity contribution in [1.82, 2.24) is 0 Å². The number of allylic oxidation sites excluding steroid dienone is 18. The summed E-state index contributed by atoms with van der Waals surface area (Å²) >= 11 is 0. The topological polar surface area (TPSA) is 78.9 Å². The van der Waals surface area contributed by atoms with E-state index < -0.39 is 6.10 Å². The van der Waals surface area contributed by atoms with E-state index in [1.807, 2.05) is 0 Å². The maximum absolute atomic E-state index is 12.9. The van der Waals surface area contributed by atoms with Crippen LogP contribution in [0.15, 0.2) is 109 Å². The largest absolute Gasteiger partial charge is 0.462 e. The highest BCUT2D eigenvalue weighted by molar-refractivity contribution is 5.71. The fourth-order valence-corrected chi connectivity index (χ4v) is 8.39. The first-order valence-electron chi connectivity index (χ1n) is 30.9. The van der Waals surface area contributed by atoms with Gasteiger partial charge in [0.25, 0.3) is 0 Å². The van der Waals surface area contributed by atoms with Crippen LogP contribution in [0.1, 0.15) is 284 Å². The molecule has 0 aromatic rings. The number of carbonyl (C=O) groups excluding carboxylic acids is 3. The zero-order valence-corrected chi connectivity index (χ0v) is 48.3. The zero-order valence-electron chi connectivity index (χ0n) is 48.3. The number of unbranched alkanes of at least 4 members (excludes halogenated alkanes) is 26. The van der Waals surface area contributed by atoms with Crippen molar-refractivity contribution < 1.29 is 28.6 Å². The van der Waals surface area contributed by atoms with Crippen LogP contribution in [0.5, 0.6) is 0 Å². The second kappa shape index (κ2) is 61.6. The van der Waals surface area contributed by atoms with E-state index in [1.165, 1.54) is 116 Å². The average molecular weight is 1030 g/mol. The molecular weight excluding hydrogens is 913 g/mol. The van der Waals surface area contributed by atoms with E-state index in [0.29, 0.717) is 19.3 Å². The van der Waals surface area contributed by atoms with Crippen LogP contribution in [-0.2, 0) is 28.6 Å². The molecule has 0 aromatic heterocycles. The first-order valence-corrected chi connectivity index (χ1v) is 30.9.